The third kappa shape index (κ3) is 4.11. The van der Waals surface area contributed by atoms with Crippen LogP contribution in [0.25, 0.3) is 87.6 Å². The lowest BCUT2D eigenvalue weighted by Crippen LogP contribution is -2.16. The van der Waals surface area contributed by atoms with Crippen molar-refractivity contribution in [3.05, 3.63) is 181 Å². The number of benzene rings is 9. The Labute approximate surface area is 286 Å². The highest BCUT2D eigenvalue weighted by molar-refractivity contribution is 6.23. The molecule has 0 bridgehead atoms. The Kier molecular flexibility index (Phi) is 6.02. The minimum Gasteiger partial charge on any atom is -0.0616 e. The lowest BCUT2D eigenvalue weighted by molar-refractivity contribution is 0.663. The largest absolute Gasteiger partial charge is 0.0616 e. The molecule has 0 aliphatic heterocycles. The van der Waals surface area contributed by atoms with Gasteiger partial charge in [-0.2, -0.15) is 0 Å². The number of hydrogen-bond acceptors (Lipinski definition) is 0. The fraction of sp³-hybridized carbons (Fsp3) is 0.0612. The van der Waals surface area contributed by atoms with Crippen molar-refractivity contribution in [3.8, 4) is 44.5 Å². The van der Waals surface area contributed by atoms with Gasteiger partial charge in [0.05, 0.1) is 0 Å². The molecule has 0 saturated heterocycles. The van der Waals surface area contributed by atoms with Crippen molar-refractivity contribution in [2.75, 3.05) is 0 Å². The molecule has 0 nitrogen and oxygen atoms in total. The number of rotatable bonds is 3. The van der Waals surface area contributed by atoms with Crippen molar-refractivity contribution < 1.29 is 0 Å². The zero-order valence-corrected chi connectivity index (χ0v) is 27.7. The Morgan fingerprint density at radius 2 is 0.796 bits per heavy atom. The van der Waals surface area contributed by atoms with Gasteiger partial charge in [-0.05, 0) is 117 Å². The SMILES string of the molecule is CC1(C)c2cc3ccccc3cc2-c2cccc(-c3c4ccccc4c(-c4ccccc4-c4ccc5ccccc5c4)c4ccccc34)c21. The molecule has 0 heteroatoms. The molecule has 10 rings (SSSR count). The van der Waals surface area contributed by atoms with Gasteiger partial charge in [0.15, 0.2) is 0 Å². The van der Waals surface area contributed by atoms with E-state index in [1.807, 2.05) is 0 Å². The van der Waals surface area contributed by atoms with Crippen LogP contribution in [0.5, 0.6) is 0 Å². The topological polar surface area (TPSA) is 0 Å². The maximum absolute atomic E-state index is 2.43. The standard InChI is InChI=1S/C49H34/c1-49(2)45-30-34-17-6-5-16-33(34)29-44(45)42-24-13-25-43(48(42)49)47-40-22-11-9-20-38(40)46(39-21-10-12-23-41(39)47)37-19-8-7-18-36(37)35-27-26-31-14-3-4-15-32(31)28-35/h3-30H,1-2H3. The van der Waals surface area contributed by atoms with Crippen LogP contribution in [0.2, 0.25) is 0 Å². The van der Waals surface area contributed by atoms with Gasteiger partial charge in [-0.3, -0.25) is 0 Å². The van der Waals surface area contributed by atoms with Crippen molar-refractivity contribution in [2.45, 2.75) is 19.3 Å². The highest BCUT2D eigenvalue weighted by atomic mass is 14.4. The molecule has 0 saturated carbocycles. The van der Waals surface area contributed by atoms with E-state index in [1.54, 1.807) is 0 Å². The molecule has 0 N–H and O–H groups in total. The van der Waals surface area contributed by atoms with E-state index in [0.29, 0.717) is 0 Å². The molecule has 0 fully saturated rings. The summed E-state index contributed by atoms with van der Waals surface area (Å²) in [6.07, 6.45) is 0. The normalized spacial score (nSPS) is 13.3. The smallest absolute Gasteiger partial charge is 0.0165 e. The second-order valence-electron chi connectivity index (χ2n) is 14.0. The molecular weight excluding hydrogens is 589 g/mol. The Balaban J connectivity index is 1.27. The van der Waals surface area contributed by atoms with Gasteiger partial charge in [0.25, 0.3) is 0 Å². The second kappa shape index (κ2) is 10.5. The summed E-state index contributed by atoms with van der Waals surface area (Å²) in [7, 11) is 0. The van der Waals surface area contributed by atoms with E-state index >= 15 is 0 Å². The molecule has 0 unspecified atom stereocenters. The molecule has 49 heavy (non-hydrogen) atoms. The first kappa shape index (κ1) is 28.1. The minimum atomic E-state index is -0.158. The number of fused-ring (bicyclic) bond motifs is 7. The van der Waals surface area contributed by atoms with Gasteiger partial charge >= 0.3 is 0 Å². The molecule has 0 spiro atoms. The summed E-state index contributed by atoms with van der Waals surface area (Å²) < 4.78 is 0. The Morgan fingerprint density at radius 3 is 1.45 bits per heavy atom. The van der Waals surface area contributed by atoms with Gasteiger partial charge < -0.3 is 0 Å². The molecule has 9 aromatic rings. The van der Waals surface area contributed by atoms with Crippen LogP contribution in [-0.4, -0.2) is 0 Å². The summed E-state index contributed by atoms with van der Waals surface area (Å²) in [5.74, 6) is 0. The second-order valence-corrected chi connectivity index (χ2v) is 14.0. The van der Waals surface area contributed by atoms with Gasteiger partial charge in [0.1, 0.15) is 0 Å². The van der Waals surface area contributed by atoms with E-state index in [9.17, 15) is 0 Å². The van der Waals surface area contributed by atoms with Crippen molar-refractivity contribution in [2.24, 2.45) is 0 Å². The molecule has 0 amide bonds. The molecule has 0 aromatic heterocycles. The fourth-order valence-electron chi connectivity index (χ4n) is 8.79. The Hall–Kier alpha value is -5.98. The maximum atomic E-state index is 2.43. The maximum Gasteiger partial charge on any atom is 0.0165 e. The summed E-state index contributed by atoms with van der Waals surface area (Å²) in [6, 6.07) is 63.1. The van der Waals surface area contributed by atoms with Crippen LogP contribution in [0.3, 0.4) is 0 Å². The average Bonchev–Trinajstić information content (AvgIpc) is 3.38. The molecule has 1 aliphatic rings. The van der Waals surface area contributed by atoms with Crippen LogP contribution in [0.1, 0.15) is 25.0 Å². The predicted molar refractivity (Wildman–Crippen MR) is 210 cm³/mol. The van der Waals surface area contributed by atoms with E-state index in [2.05, 4.69) is 184 Å². The molecule has 0 radical (unpaired) electrons. The highest BCUT2D eigenvalue weighted by Crippen LogP contribution is 2.55. The first-order valence-corrected chi connectivity index (χ1v) is 17.3. The van der Waals surface area contributed by atoms with Crippen molar-refractivity contribution in [1.29, 1.82) is 0 Å². The molecule has 1 aliphatic carbocycles. The van der Waals surface area contributed by atoms with Crippen molar-refractivity contribution in [1.82, 2.24) is 0 Å². The van der Waals surface area contributed by atoms with Crippen LogP contribution in [0.15, 0.2) is 170 Å². The van der Waals surface area contributed by atoms with E-state index in [4.69, 9.17) is 0 Å². The van der Waals surface area contributed by atoms with Crippen LogP contribution < -0.4 is 0 Å². The Morgan fingerprint density at radius 1 is 0.327 bits per heavy atom. The zero-order valence-electron chi connectivity index (χ0n) is 27.7. The zero-order chi connectivity index (χ0) is 32.7. The molecular formula is C49H34. The van der Waals surface area contributed by atoms with E-state index < -0.39 is 0 Å². The quantitative estimate of drug-likeness (QED) is 0.172. The lowest BCUT2D eigenvalue weighted by Gasteiger charge is -2.26. The highest BCUT2D eigenvalue weighted by Gasteiger charge is 2.38. The molecule has 0 heterocycles. The summed E-state index contributed by atoms with van der Waals surface area (Å²) in [5.41, 5.74) is 13.1. The van der Waals surface area contributed by atoms with Crippen LogP contribution in [-0.2, 0) is 5.41 Å². The first-order chi connectivity index (χ1) is 24.1. The van der Waals surface area contributed by atoms with Gasteiger partial charge in [-0.1, -0.05) is 166 Å². The van der Waals surface area contributed by atoms with E-state index in [-0.39, 0.29) is 5.41 Å². The van der Waals surface area contributed by atoms with Crippen molar-refractivity contribution >= 4 is 43.1 Å². The van der Waals surface area contributed by atoms with E-state index in [1.165, 1.54) is 98.7 Å². The molecule has 230 valence electrons. The summed E-state index contributed by atoms with van der Waals surface area (Å²) >= 11 is 0. The van der Waals surface area contributed by atoms with Gasteiger partial charge in [-0.15, -0.1) is 0 Å². The van der Waals surface area contributed by atoms with Gasteiger partial charge in [-0.25, -0.2) is 0 Å². The summed E-state index contributed by atoms with van der Waals surface area (Å²) in [6.45, 7) is 4.82. The first-order valence-electron chi connectivity index (χ1n) is 17.3. The number of hydrogen-bond donors (Lipinski definition) is 0. The van der Waals surface area contributed by atoms with E-state index in [0.717, 1.165) is 0 Å². The summed E-state index contributed by atoms with van der Waals surface area (Å²) in [5, 5.41) is 10.2. The van der Waals surface area contributed by atoms with Gasteiger partial charge in [0.2, 0.25) is 0 Å². The predicted octanol–water partition coefficient (Wildman–Crippen LogP) is 13.6. The third-order valence-electron chi connectivity index (χ3n) is 11.0. The minimum absolute atomic E-state index is 0.158. The lowest BCUT2D eigenvalue weighted by atomic mass is 9.76. The van der Waals surface area contributed by atoms with Gasteiger partial charge in [0, 0.05) is 5.41 Å². The summed E-state index contributed by atoms with van der Waals surface area (Å²) in [4.78, 5) is 0. The monoisotopic (exact) mass is 622 g/mol. The molecule has 9 aromatic carbocycles. The van der Waals surface area contributed by atoms with Crippen LogP contribution in [0, 0.1) is 0 Å². The third-order valence-corrected chi connectivity index (χ3v) is 11.0. The fourth-order valence-corrected chi connectivity index (χ4v) is 8.79. The Bertz CT molecular complexity index is 2740. The van der Waals surface area contributed by atoms with Crippen LogP contribution in [0.4, 0.5) is 0 Å². The van der Waals surface area contributed by atoms with Crippen molar-refractivity contribution in [3.63, 3.8) is 0 Å². The molecule has 0 atom stereocenters. The van der Waals surface area contributed by atoms with Crippen LogP contribution >= 0.6 is 0 Å². The average molecular weight is 623 g/mol.